The van der Waals surface area contributed by atoms with Gasteiger partial charge in [-0.2, -0.15) is 5.10 Å². The van der Waals surface area contributed by atoms with Crippen molar-refractivity contribution in [2.75, 3.05) is 38.7 Å². The van der Waals surface area contributed by atoms with E-state index in [4.69, 9.17) is 9.47 Å². The van der Waals surface area contributed by atoms with Gasteiger partial charge in [0, 0.05) is 31.3 Å². The Labute approximate surface area is 191 Å². The zero-order valence-corrected chi connectivity index (χ0v) is 18.7. The van der Waals surface area contributed by atoms with Crippen LogP contribution in [0.15, 0.2) is 48.9 Å². The van der Waals surface area contributed by atoms with Crippen molar-refractivity contribution in [3.63, 3.8) is 0 Å². The zero-order valence-electron chi connectivity index (χ0n) is 18.7. The van der Waals surface area contributed by atoms with Gasteiger partial charge in [0.15, 0.2) is 0 Å². The minimum absolute atomic E-state index is 0.229. The summed E-state index contributed by atoms with van der Waals surface area (Å²) in [6.07, 6.45) is 7.60. The van der Waals surface area contributed by atoms with Gasteiger partial charge in [-0.15, -0.1) is 0 Å². The molecule has 1 aromatic carbocycles. The van der Waals surface area contributed by atoms with Crippen molar-refractivity contribution in [2.45, 2.75) is 19.4 Å². The summed E-state index contributed by atoms with van der Waals surface area (Å²) in [7, 11) is 1.63. The number of methoxy groups -OCH3 is 1. The van der Waals surface area contributed by atoms with Crippen LogP contribution in [0.25, 0.3) is 16.6 Å². The van der Waals surface area contributed by atoms with Crippen LogP contribution in [0.3, 0.4) is 0 Å². The van der Waals surface area contributed by atoms with Gasteiger partial charge in [0.1, 0.15) is 23.7 Å². The van der Waals surface area contributed by atoms with Crippen LogP contribution in [0.5, 0.6) is 5.75 Å². The molecule has 9 nitrogen and oxygen atoms in total. The fourth-order valence-electron chi connectivity index (χ4n) is 4.33. The van der Waals surface area contributed by atoms with Crippen LogP contribution < -0.4 is 15.4 Å². The number of pyridine rings is 1. The summed E-state index contributed by atoms with van der Waals surface area (Å²) in [5, 5.41) is 12.0. The smallest absolute Gasteiger partial charge is 0.274 e. The molecule has 0 spiro atoms. The Morgan fingerprint density at radius 1 is 1.27 bits per heavy atom. The lowest BCUT2D eigenvalue weighted by Crippen LogP contribution is -2.32. The van der Waals surface area contributed by atoms with Crippen molar-refractivity contribution in [3.05, 3.63) is 54.6 Å². The molecule has 0 aliphatic carbocycles. The van der Waals surface area contributed by atoms with Crippen LogP contribution in [0, 0.1) is 5.92 Å². The van der Waals surface area contributed by atoms with Crippen molar-refractivity contribution in [2.24, 2.45) is 5.92 Å². The molecule has 33 heavy (non-hydrogen) atoms. The molecule has 0 radical (unpaired) electrons. The highest BCUT2D eigenvalue weighted by atomic mass is 16.5. The van der Waals surface area contributed by atoms with Crippen molar-refractivity contribution >= 4 is 28.1 Å². The predicted octanol–water partition coefficient (Wildman–Crippen LogP) is 2.96. The maximum atomic E-state index is 13.1. The summed E-state index contributed by atoms with van der Waals surface area (Å²) in [6.45, 7) is 3.95. The molecule has 1 saturated heterocycles. The van der Waals surface area contributed by atoms with Gasteiger partial charge in [-0.3, -0.25) is 13.9 Å². The number of benzene rings is 1. The monoisotopic (exact) mass is 448 g/mol. The second kappa shape index (κ2) is 9.60. The number of nitrogens with one attached hydrogen (secondary N) is 2. The average molecular weight is 449 g/mol. The van der Waals surface area contributed by atoms with Crippen molar-refractivity contribution in [1.82, 2.24) is 24.5 Å². The number of piperidine rings is 1. The molecule has 1 atom stereocenters. The first kappa shape index (κ1) is 21.4. The highest BCUT2D eigenvalue weighted by molar-refractivity contribution is 6.08. The standard InChI is InChI=1S/C24H28N6O3/c1-32-10-11-33-18-7-9-29-22(15-26-23(29)12-18)24(31)28-20-5-2-6-21-19(20)14-27-30(21)16-17-4-3-8-25-13-17/h2,5-7,9,12,14-15,17,25H,3-4,8,10-11,13,16H2,1H3,(H,28,31). The van der Waals surface area contributed by atoms with Gasteiger partial charge in [-0.25, -0.2) is 4.98 Å². The largest absolute Gasteiger partial charge is 0.491 e. The number of carbonyl (C=O) groups is 1. The number of anilines is 1. The molecule has 1 unspecified atom stereocenters. The van der Waals surface area contributed by atoms with Crippen molar-refractivity contribution in [1.29, 1.82) is 0 Å². The number of hydrogen-bond acceptors (Lipinski definition) is 6. The molecular formula is C24H28N6O3. The lowest BCUT2D eigenvalue weighted by atomic mass is 10.00. The fraction of sp³-hybridized carbons (Fsp3) is 0.375. The van der Waals surface area contributed by atoms with E-state index in [-0.39, 0.29) is 5.91 Å². The lowest BCUT2D eigenvalue weighted by molar-refractivity contribution is 0.102. The second-order valence-electron chi connectivity index (χ2n) is 8.31. The third kappa shape index (κ3) is 4.55. The average Bonchev–Trinajstić information content (AvgIpc) is 3.45. The van der Waals surface area contributed by atoms with Gasteiger partial charge in [0.2, 0.25) is 0 Å². The number of hydrogen-bond donors (Lipinski definition) is 2. The van der Waals surface area contributed by atoms with Gasteiger partial charge >= 0.3 is 0 Å². The van der Waals surface area contributed by atoms with E-state index in [0.29, 0.717) is 36.2 Å². The summed E-state index contributed by atoms with van der Waals surface area (Å²) < 4.78 is 14.4. The maximum Gasteiger partial charge on any atom is 0.274 e. The van der Waals surface area contributed by atoms with Crippen LogP contribution >= 0.6 is 0 Å². The van der Waals surface area contributed by atoms with E-state index in [9.17, 15) is 4.79 Å². The molecule has 4 aromatic rings. The summed E-state index contributed by atoms with van der Waals surface area (Å²) in [6, 6.07) is 9.52. The Kier molecular flexibility index (Phi) is 6.23. The van der Waals surface area contributed by atoms with E-state index in [1.807, 2.05) is 35.1 Å². The number of ether oxygens (including phenoxy) is 2. The number of carbonyl (C=O) groups excluding carboxylic acids is 1. The first-order chi connectivity index (χ1) is 16.2. The molecule has 2 N–H and O–H groups in total. The normalized spacial score (nSPS) is 16.3. The molecule has 1 amide bonds. The Bertz CT molecular complexity index is 1260. The van der Waals surface area contributed by atoms with Crippen molar-refractivity contribution < 1.29 is 14.3 Å². The van der Waals surface area contributed by atoms with Crippen LogP contribution in [0.4, 0.5) is 5.69 Å². The highest BCUT2D eigenvalue weighted by Crippen LogP contribution is 2.25. The number of nitrogens with zero attached hydrogens (tertiary/aromatic N) is 4. The molecule has 172 valence electrons. The maximum absolute atomic E-state index is 13.1. The summed E-state index contributed by atoms with van der Waals surface area (Å²) >= 11 is 0. The summed E-state index contributed by atoms with van der Waals surface area (Å²) in [4.78, 5) is 17.5. The molecule has 1 aliphatic heterocycles. The van der Waals surface area contributed by atoms with E-state index < -0.39 is 0 Å². The highest BCUT2D eigenvalue weighted by Gasteiger charge is 2.18. The van der Waals surface area contributed by atoms with Crippen LogP contribution in [0.1, 0.15) is 23.3 Å². The van der Waals surface area contributed by atoms with E-state index in [2.05, 4.69) is 20.7 Å². The molecule has 0 saturated carbocycles. The summed E-state index contributed by atoms with van der Waals surface area (Å²) in [5.74, 6) is 1.02. The first-order valence-electron chi connectivity index (χ1n) is 11.3. The van der Waals surface area contributed by atoms with E-state index in [0.717, 1.165) is 36.2 Å². The summed E-state index contributed by atoms with van der Waals surface area (Å²) in [5.41, 5.74) is 2.85. The zero-order chi connectivity index (χ0) is 22.6. The third-order valence-corrected chi connectivity index (χ3v) is 6.04. The van der Waals surface area contributed by atoms with E-state index in [1.165, 1.54) is 12.8 Å². The van der Waals surface area contributed by atoms with Gasteiger partial charge in [0.25, 0.3) is 5.91 Å². The first-order valence-corrected chi connectivity index (χ1v) is 11.3. The van der Waals surface area contributed by atoms with Crippen LogP contribution in [-0.2, 0) is 11.3 Å². The van der Waals surface area contributed by atoms with E-state index >= 15 is 0 Å². The minimum atomic E-state index is -0.229. The Balaban J connectivity index is 1.34. The minimum Gasteiger partial charge on any atom is -0.491 e. The second-order valence-corrected chi connectivity index (χ2v) is 8.31. The number of rotatable bonds is 8. The van der Waals surface area contributed by atoms with Gasteiger partial charge in [-0.1, -0.05) is 6.07 Å². The molecule has 3 aromatic heterocycles. The fourth-order valence-corrected chi connectivity index (χ4v) is 4.33. The molecule has 0 bridgehead atoms. The number of fused-ring (bicyclic) bond motifs is 2. The van der Waals surface area contributed by atoms with Gasteiger partial charge < -0.3 is 20.1 Å². The lowest BCUT2D eigenvalue weighted by Gasteiger charge is -2.22. The number of aromatic nitrogens is 4. The molecule has 9 heteroatoms. The predicted molar refractivity (Wildman–Crippen MR) is 126 cm³/mol. The molecule has 1 aliphatic rings. The van der Waals surface area contributed by atoms with Crippen LogP contribution in [-0.4, -0.2) is 58.5 Å². The molecular weight excluding hydrogens is 420 g/mol. The Hall–Kier alpha value is -3.43. The van der Waals surface area contributed by atoms with Crippen LogP contribution in [0.2, 0.25) is 0 Å². The SMILES string of the molecule is COCCOc1ccn2c(C(=O)Nc3cccc4c3cnn4CC3CCCNC3)cnc2c1. The topological polar surface area (TPSA) is 94.7 Å². The van der Waals surface area contributed by atoms with E-state index in [1.54, 1.807) is 30.0 Å². The van der Waals surface area contributed by atoms with Gasteiger partial charge in [-0.05, 0) is 50.0 Å². The Morgan fingerprint density at radius 2 is 2.21 bits per heavy atom. The number of imidazole rings is 1. The molecule has 1 fully saturated rings. The Morgan fingerprint density at radius 3 is 3.06 bits per heavy atom. The molecule has 5 rings (SSSR count). The third-order valence-electron chi connectivity index (χ3n) is 6.04. The van der Waals surface area contributed by atoms with Crippen molar-refractivity contribution in [3.8, 4) is 5.75 Å². The quantitative estimate of drug-likeness (QED) is 0.403. The molecule has 4 heterocycles. The number of amides is 1. The van der Waals surface area contributed by atoms with Gasteiger partial charge in [0.05, 0.1) is 30.2 Å².